The average molecular weight is 297 g/mol. The Morgan fingerprint density at radius 2 is 2.05 bits per heavy atom. The standard InChI is InChI=1S/C15H23NO5/c1-3-4-5-6-9-21-16(15(18)19)11-12-7-8-13(17)14(10-12)20-2/h7-8,10,17H,3-6,9,11H2,1-2H3,(H,18,19). The van der Waals surface area contributed by atoms with E-state index in [0.717, 1.165) is 30.7 Å². The third-order valence-electron chi connectivity index (χ3n) is 3.03. The highest BCUT2D eigenvalue weighted by molar-refractivity contribution is 5.63. The van der Waals surface area contributed by atoms with E-state index in [9.17, 15) is 9.90 Å². The number of methoxy groups -OCH3 is 1. The monoisotopic (exact) mass is 297 g/mol. The van der Waals surface area contributed by atoms with Gasteiger partial charge < -0.3 is 14.9 Å². The maximum absolute atomic E-state index is 11.2. The summed E-state index contributed by atoms with van der Waals surface area (Å²) in [5.41, 5.74) is 0.681. The van der Waals surface area contributed by atoms with Gasteiger partial charge in [-0.25, -0.2) is 4.79 Å². The zero-order valence-electron chi connectivity index (χ0n) is 12.5. The maximum Gasteiger partial charge on any atom is 0.431 e. The summed E-state index contributed by atoms with van der Waals surface area (Å²) >= 11 is 0. The highest BCUT2D eigenvalue weighted by atomic mass is 16.7. The van der Waals surface area contributed by atoms with Gasteiger partial charge in [-0.3, -0.25) is 4.84 Å². The third-order valence-corrected chi connectivity index (χ3v) is 3.03. The number of carboxylic acid groups (broad SMARTS) is 1. The number of hydrogen-bond donors (Lipinski definition) is 2. The molecule has 0 aliphatic heterocycles. The van der Waals surface area contributed by atoms with Crippen LogP contribution in [0.15, 0.2) is 18.2 Å². The van der Waals surface area contributed by atoms with E-state index in [-0.39, 0.29) is 12.3 Å². The number of aromatic hydroxyl groups is 1. The number of nitrogens with zero attached hydrogens (tertiary/aromatic N) is 1. The minimum Gasteiger partial charge on any atom is -0.504 e. The molecule has 1 amide bonds. The molecule has 0 aromatic heterocycles. The zero-order chi connectivity index (χ0) is 15.7. The van der Waals surface area contributed by atoms with Crippen LogP contribution in [0.25, 0.3) is 0 Å². The Bertz CT molecular complexity index is 450. The fraction of sp³-hybridized carbons (Fsp3) is 0.533. The van der Waals surface area contributed by atoms with E-state index in [4.69, 9.17) is 14.7 Å². The van der Waals surface area contributed by atoms with Gasteiger partial charge in [-0.15, -0.1) is 0 Å². The minimum absolute atomic E-state index is 0.0172. The van der Waals surface area contributed by atoms with Crippen molar-refractivity contribution < 1.29 is 24.6 Å². The van der Waals surface area contributed by atoms with Crippen molar-refractivity contribution in [3.8, 4) is 11.5 Å². The lowest BCUT2D eigenvalue weighted by molar-refractivity contribution is -0.138. The first kappa shape index (κ1) is 17.1. The van der Waals surface area contributed by atoms with Gasteiger partial charge in [0.2, 0.25) is 0 Å². The normalized spacial score (nSPS) is 10.4. The molecule has 0 bridgehead atoms. The number of rotatable bonds is 9. The van der Waals surface area contributed by atoms with Crippen molar-refractivity contribution in [3.05, 3.63) is 23.8 Å². The number of hydrogen-bond acceptors (Lipinski definition) is 4. The molecule has 1 rings (SSSR count). The number of hydroxylamine groups is 2. The third kappa shape index (κ3) is 5.91. The van der Waals surface area contributed by atoms with Gasteiger partial charge in [0.05, 0.1) is 20.3 Å². The Hall–Kier alpha value is -1.95. The summed E-state index contributed by atoms with van der Waals surface area (Å²) in [6.07, 6.45) is 2.95. The quantitative estimate of drug-likeness (QED) is 0.539. The van der Waals surface area contributed by atoms with E-state index in [1.54, 1.807) is 12.1 Å². The number of carbonyl (C=O) groups is 1. The van der Waals surface area contributed by atoms with Gasteiger partial charge >= 0.3 is 6.09 Å². The minimum atomic E-state index is -1.14. The predicted octanol–water partition coefficient (Wildman–Crippen LogP) is 3.39. The molecular weight excluding hydrogens is 274 g/mol. The topological polar surface area (TPSA) is 79.2 Å². The largest absolute Gasteiger partial charge is 0.504 e. The van der Waals surface area contributed by atoms with E-state index >= 15 is 0 Å². The van der Waals surface area contributed by atoms with Crippen LogP contribution in [0.1, 0.15) is 38.2 Å². The Balaban J connectivity index is 2.56. The highest BCUT2D eigenvalue weighted by Crippen LogP contribution is 2.26. The van der Waals surface area contributed by atoms with Gasteiger partial charge in [0.15, 0.2) is 11.5 Å². The molecule has 0 atom stereocenters. The van der Waals surface area contributed by atoms with Gasteiger partial charge in [0.25, 0.3) is 0 Å². The summed E-state index contributed by atoms with van der Waals surface area (Å²) in [6.45, 7) is 2.57. The van der Waals surface area contributed by atoms with Crippen LogP contribution < -0.4 is 4.74 Å². The first-order chi connectivity index (χ1) is 10.1. The molecule has 0 saturated heterocycles. The summed E-state index contributed by atoms with van der Waals surface area (Å²) in [5, 5.41) is 19.6. The van der Waals surface area contributed by atoms with E-state index in [2.05, 4.69) is 6.92 Å². The van der Waals surface area contributed by atoms with Crippen molar-refractivity contribution >= 4 is 6.09 Å². The van der Waals surface area contributed by atoms with Crippen LogP contribution in [0.4, 0.5) is 4.79 Å². The van der Waals surface area contributed by atoms with Crippen molar-refractivity contribution in [2.45, 2.75) is 39.2 Å². The molecule has 118 valence electrons. The van der Waals surface area contributed by atoms with Crippen LogP contribution in [0.5, 0.6) is 11.5 Å². The van der Waals surface area contributed by atoms with E-state index in [1.165, 1.54) is 13.2 Å². The molecule has 6 nitrogen and oxygen atoms in total. The number of ether oxygens (including phenoxy) is 1. The molecule has 1 aromatic rings. The Kier molecular flexibility index (Phi) is 7.39. The molecular formula is C15H23NO5. The van der Waals surface area contributed by atoms with Gasteiger partial charge in [-0.2, -0.15) is 5.06 Å². The smallest absolute Gasteiger partial charge is 0.431 e. The fourth-order valence-corrected chi connectivity index (χ4v) is 1.86. The predicted molar refractivity (Wildman–Crippen MR) is 78.3 cm³/mol. The van der Waals surface area contributed by atoms with Crippen LogP contribution in [0.3, 0.4) is 0 Å². The van der Waals surface area contributed by atoms with Crippen LogP contribution >= 0.6 is 0 Å². The van der Waals surface area contributed by atoms with Crippen molar-refractivity contribution in [1.82, 2.24) is 5.06 Å². The fourth-order valence-electron chi connectivity index (χ4n) is 1.86. The van der Waals surface area contributed by atoms with Crippen LogP contribution in [-0.4, -0.2) is 35.1 Å². The lowest BCUT2D eigenvalue weighted by atomic mass is 10.2. The van der Waals surface area contributed by atoms with Crippen molar-refractivity contribution in [2.24, 2.45) is 0 Å². The number of unbranched alkanes of at least 4 members (excludes halogenated alkanes) is 3. The second-order valence-electron chi connectivity index (χ2n) is 4.72. The van der Waals surface area contributed by atoms with Crippen molar-refractivity contribution in [2.75, 3.05) is 13.7 Å². The van der Waals surface area contributed by atoms with Crippen LogP contribution in [0, 0.1) is 0 Å². The molecule has 21 heavy (non-hydrogen) atoms. The summed E-state index contributed by atoms with van der Waals surface area (Å²) in [6, 6.07) is 4.69. The number of phenolic OH excluding ortho intramolecular Hbond substituents is 1. The summed E-state index contributed by atoms with van der Waals surface area (Å²) in [5.74, 6) is 0.324. The molecule has 1 aromatic carbocycles. The van der Waals surface area contributed by atoms with Crippen molar-refractivity contribution in [1.29, 1.82) is 0 Å². The van der Waals surface area contributed by atoms with E-state index in [1.807, 2.05) is 0 Å². The summed E-state index contributed by atoms with van der Waals surface area (Å²) < 4.78 is 5.00. The summed E-state index contributed by atoms with van der Waals surface area (Å²) in [7, 11) is 1.44. The van der Waals surface area contributed by atoms with Gasteiger partial charge in [-0.05, 0) is 24.1 Å². The van der Waals surface area contributed by atoms with Crippen molar-refractivity contribution in [3.63, 3.8) is 0 Å². The Labute approximate surface area is 124 Å². The molecule has 0 aliphatic carbocycles. The van der Waals surface area contributed by atoms with E-state index in [0.29, 0.717) is 17.9 Å². The molecule has 0 radical (unpaired) electrons. The molecule has 0 aliphatic rings. The van der Waals surface area contributed by atoms with Crippen LogP contribution in [0.2, 0.25) is 0 Å². The molecule has 0 fully saturated rings. The van der Waals surface area contributed by atoms with Gasteiger partial charge in [-0.1, -0.05) is 32.3 Å². The SMILES string of the molecule is CCCCCCON(Cc1ccc(O)c(OC)c1)C(=O)O. The van der Waals surface area contributed by atoms with Gasteiger partial charge in [0, 0.05) is 0 Å². The first-order valence-electron chi connectivity index (χ1n) is 7.07. The summed E-state index contributed by atoms with van der Waals surface area (Å²) in [4.78, 5) is 16.5. The zero-order valence-corrected chi connectivity index (χ0v) is 12.5. The average Bonchev–Trinajstić information content (AvgIpc) is 2.47. The Morgan fingerprint density at radius 3 is 2.67 bits per heavy atom. The molecule has 6 heteroatoms. The highest BCUT2D eigenvalue weighted by Gasteiger charge is 2.14. The second kappa shape index (κ2) is 9.07. The number of benzene rings is 1. The number of phenols is 1. The maximum atomic E-state index is 11.2. The number of amides is 1. The molecule has 0 unspecified atom stereocenters. The van der Waals surface area contributed by atoms with Gasteiger partial charge in [0.1, 0.15) is 0 Å². The Morgan fingerprint density at radius 1 is 1.29 bits per heavy atom. The molecule has 0 saturated carbocycles. The molecule has 2 N–H and O–H groups in total. The lowest BCUT2D eigenvalue weighted by Gasteiger charge is -2.19. The molecule has 0 heterocycles. The van der Waals surface area contributed by atoms with Crippen LogP contribution in [-0.2, 0) is 11.4 Å². The second-order valence-corrected chi connectivity index (χ2v) is 4.72. The van der Waals surface area contributed by atoms with E-state index < -0.39 is 6.09 Å². The lowest BCUT2D eigenvalue weighted by Crippen LogP contribution is -2.29. The first-order valence-corrected chi connectivity index (χ1v) is 7.07. The molecule has 0 spiro atoms.